The number of carbonyl (C=O) groups is 1. The van der Waals surface area contributed by atoms with Crippen molar-refractivity contribution in [1.82, 2.24) is 5.32 Å². The van der Waals surface area contributed by atoms with E-state index in [9.17, 15) is 35.5 Å². The van der Waals surface area contributed by atoms with E-state index in [-0.39, 0.29) is 6.42 Å². The smallest absolute Gasteiger partial charge is 0.346 e. The van der Waals surface area contributed by atoms with Crippen molar-refractivity contribution in [2.24, 2.45) is 0 Å². The second kappa shape index (κ2) is 6.39. The first kappa shape index (κ1) is 20.0. The zero-order valence-corrected chi connectivity index (χ0v) is 11.9. The van der Waals surface area contributed by atoms with Crippen LogP contribution >= 0.6 is 0 Å². The Morgan fingerprint density at radius 2 is 1.43 bits per heavy atom. The van der Waals surface area contributed by atoms with Crippen molar-refractivity contribution in [3.8, 4) is 0 Å². The molecule has 0 atom stereocenters. The molecular formula is C12H18F7NO. The SMILES string of the molecule is CCCCCC(C)(C)NC(=O)C(F)(F)C(F)(F)C(F)(F)F. The maximum atomic E-state index is 13.1. The molecule has 9 heteroatoms. The standard InChI is InChI=1S/C12H18F7NO/c1-4-5-6-7-9(2,3)20-8(21)10(13,14)11(15,16)12(17,18)19/h4-7H2,1-3H3,(H,20,21). The Kier molecular flexibility index (Phi) is 6.08. The average molecular weight is 325 g/mol. The highest BCUT2D eigenvalue weighted by Gasteiger charge is 2.76. The molecule has 0 aromatic heterocycles. The highest BCUT2D eigenvalue weighted by Crippen LogP contribution is 2.46. The van der Waals surface area contributed by atoms with Gasteiger partial charge >= 0.3 is 18.0 Å². The van der Waals surface area contributed by atoms with Crippen molar-refractivity contribution < 1.29 is 35.5 Å². The van der Waals surface area contributed by atoms with Gasteiger partial charge in [-0.3, -0.25) is 4.79 Å². The number of hydrogen-bond acceptors (Lipinski definition) is 1. The van der Waals surface area contributed by atoms with Crippen molar-refractivity contribution in [2.75, 3.05) is 0 Å². The fraction of sp³-hybridized carbons (Fsp3) is 0.917. The largest absolute Gasteiger partial charge is 0.460 e. The molecule has 126 valence electrons. The fourth-order valence-electron chi connectivity index (χ4n) is 1.59. The third-order valence-electron chi connectivity index (χ3n) is 2.89. The van der Waals surface area contributed by atoms with E-state index < -0.39 is 29.5 Å². The molecule has 21 heavy (non-hydrogen) atoms. The fourth-order valence-corrected chi connectivity index (χ4v) is 1.59. The highest BCUT2D eigenvalue weighted by atomic mass is 19.4. The van der Waals surface area contributed by atoms with Crippen molar-refractivity contribution in [3.63, 3.8) is 0 Å². The second-order valence-electron chi connectivity index (χ2n) is 5.44. The molecule has 0 bridgehead atoms. The van der Waals surface area contributed by atoms with Gasteiger partial charge in [0.1, 0.15) is 0 Å². The molecule has 0 spiro atoms. The van der Waals surface area contributed by atoms with E-state index in [0.717, 1.165) is 6.42 Å². The van der Waals surface area contributed by atoms with E-state index in [2.05, 4.69) is 0 Å². The second-order valence-corrected chi connectivity index (χ2v) is 5.44. The number of nitrogens with one attached hydrogen (secondary N) is 1. The lowest BCUT2D eigenvalue weighted by Gasteiger charge is -2.32. The van der Waals surface area contributed by atoms with Crippen molar-refractivity contribution >= 4 is 5.91 Å². The normalized spacial score (nSPS) is 14.2. The minimum absolute atomic E-state index is 0.181. The van der Waals surface area contributed by atoms with Gasteiger partial charge in [-0.15, -0.1) is 0 Å². The van der Waals surface area contributed by atoms with E-state index in [0.29, 0.717) is 12.8 Å². The molecule has 0 aliphatic carbocycles. The van der Waals surface area contributed by atoms with Gasteiger partial charge in [-0.2, -0.15) is 30.7 Å². The summed E-state index contributed by atoms with van der Waals surface area (Å²) in [5.41, 5.74) is -1.31. The molecule has 0 saturated carbocycles. The first-order valence-corrected chi connectivity index (χ1v) is 6.34. The number of halogens is 7. The van der Waals surface area contributed by atoms with Gasteiger partial charge in [0.25, 0.3) is 5.91 Å². The summed E-state index contributed by atoms with van der Waals surface area (Å²) in [4.78, 5) is 11.2. The van der Waals surface area contributed by atoms with Gasteiger partial charge in [-0.25, -0.2) is 0 Å². The van der Waals surface area contributed by atoms with Crippen molar-refractivity contribution in [1.29, 1.82) is 0 Å². The number of carbonyl (C=O) groups excluding carboxylic acids is 1. The summed E-state index contributed by atoms with van der Waals surface area (Å²) in [6, 6.07) is 0. The van der Waals surface area contributed by atoms with Crippen LogP contribution in [0.1, 0.15) is 46.5 Å². The van der Waals surface area contributed by atoms with E-state index in [1.165, 1.54) is 13.8 Å². The Bertz CT molecular complexity index is 363. The van der Waals surface area contributed by atoms with Crippen LogP contribution in [0.5, 0.6) is 0 Å². The third kappa shape index (κ3) is 4.74. The maximum absolute atomic E-state index is 13.1. The monoisotopic (exact) mass is 325 g/mol. The molecule has 0 saturated heterocycles. The Hall–Kier alpha value is -1.02. The van der Waals surface area contributed by atoms with Crippen LogP contribution in [-0.4, -0.2) is 29.5 Å². The molecule has 0 aromatic carbocycles. The van der Waals surface area contributed by atoms with Crippen LogP contribution in [0, 0.1) is 0 Å². The number of unbranched alkanes of at least 4 members (excludes halogenated alkanes) is 2. The van der Waals surface area contributed by atoms with Gasteiger partial charge in [0.05, 0.1) is 0 Å². The summed E-state index contributed by atoms with van der Waals surface area (Å²) in [5, 5.41) is 1.56. The first-order chi connectivity index (χ1) is 9.19. The molecule has 0 unspecified atom stereocenters. The van der Waals surface area contributed by atoms with Gasteiger partial charge in [0, 0.05) is 5.54 Å². The summed E-state index contributed by atoms with van der Waals surface area (Å²) < 4.78 is 87.5. The zero-order chi connectivity index (χ0) is 17.1. The van der Waals surface area contributed by atoms with Crippen LogP contribution in [0.2, 0.25) is 0 Å². The van der Waals surface area contributed by atoms with Crippen LogP contribution < -0.4 is 5.32 Å². The van der Waals surface area contributed by atoms with Gasteiger partial charge < -0.3 is 5.32 Å². The Labute approximate surface area is 118 Å². The van der Waals surface area contributed by atoms with Gasteiger partial charge in [0.2, 0.25) is 0 Å². The van der Waals surface area contributed by atoms with Crippen molar-refractivity contribution in [3.05, 3.63) is 0 Å². The molecule has 0 aromatic rings. The third-order valence-corrected chi connectivity index (χ3v) is 2.89. The molecule has 0 rings (SSSR count). The lowest BCUT2D eigenvalue weighted by atomic mass is 9.96. The van der Waals surface area contributed by atoms with Crippen LogP contribution in [0.25, 0.3) is 0 Å². The minimum Gasteiger partial charge on any atom is -0.346 e. The summed E-state index contributed by atoms with van der Waals surface area (Å²) in [7, 11) is 0. The Morgan fingerprint density at radius 3 is 1.81 bits per heavy atom. The molecular weight excluding hydrogens is 307 g/mol. The summed E-state index contributed by atoms with van der Waals surface area (Å²) >= 11 is 0. The molecule has 0 aliphatic heterocycles. The van der Waals surface area contributed by atoms with Crippen LogP contribution in [0.4, 0.5) is 30.7 Å². The van der Waals surface area contributed by atoms with Gasteiger partial charge in [0.15, 0.2) is 0 Å². The number of alkyl halides is 7. The molecule has 0 aliphatic rings. The molecule has 2 nitrogen and oxygen atoms in total. The van der Waals surface area contributed by atoms with Crippen molar-refractivity contribution in [2.45, 2.75) is 70.0 Å². The molecule has 1 N–H and O–H groups in total. The molecule has 1 amide bonds. The Morgan fingerprint density at radius 1 is 0.952 bits per heavy atom. The lowest BCUT2D eigenvalue weighted by Crippen LogP contribution is -2.62. The predicted molar refractivity (Wildman–Crippen MR) is 62.3 cm³/mol. The van der Waals surface area contributed by atoms with Gasteiger partial charge in [-0.05, 0) is 20.3 Å². The summed E-state index contributed by atoms with van der Waals surface area (Å²) in [5.74, 6) is -14.9. The minimum atomic E-state index is -6.51. The maximum Gasteiger partial charge on any atom is 0.460 e. The van der Waals surface area contributed by atoms with E-state index in [4.69, 9.17) is 0 Å². The molecule has 0 heterocycles. The molecule has 0 fully saturated rings. The average Bonchev–Trinajstić information content (AvgIpc) is 2.26. The van der Waals surface area contributed by atoms with Crippen LogP contribution in [0.3, 0.4) is 0 Å². The quantitative estimate of drug-likeness (QED) is 0.549. The highest BCUT2D eigenvalue weighted by molar-refractivity contribution is 5.85. The van der Waals surface area contributed by atoms with E-state index >= 15 is 0 Å². The number of rotatable bonds is 7. The van der Waals surface area contributed by atoms with Crippen LogP contribution in [0.15, 0.2) is 0 Å². The first-order valence-electron chi connectivity index (χ1n) is 6.34. The summed E-state index contributed by atoms with van der Waals surface area (Å²) in [6.07, 6.45) is -4.30. The van der Waals surface area contributed by atoms with Gasteiger partial charge in [-0.1, -0.05) is 26.2 Å². The molecule has 0 radical (unpaired) electrons. The zero-order valence-electron chi connectivity index (χ0n) is 11.9. The summed E-state index contributed by atoms with van der Waals surface area (Å²) in [6.45, 7) is 4.42. The van der Waals surface area contributed by atoms with E-state index in [1.807, 2.05) is 6.92 Å². The van der Waals surface area contributed by atoms with Crippen LogP contribution in [-0.2, 0) is 4.79 Å². The van der Waals surface area contributed by atoms with E-state index in [1.54, 1.807) is 5.32 Å². The predicted octanol–water partition coefficient (Wildman–Crippen LogP) is 4.29. The lowest BCUT2D eigenvalue weighted by molar-refractivity contribution is -0.344. The Balaban J connectivity index is 5.00. The number of hydrogen-bond donors (Lipinski definition) is 1. The topological polar surface area (TPSA) is 29.1 Å². The number of amides is 1.